The maximum atomic E-state index is 8.65. The number of amidine groups is 1. The zero-order chi connectivity index (χ0) is 14.5. The van der Waals surface area contributed by atoms with Crippen molar-refractivity contribution in [1.29, 1.82) is 0 Å². The van der Waals surface area contributed by atoms with Gasteiger partial charge in [0, 0.05) is 37.8 Å². The molecule has 1 saturated heterocycles. The van der Waals surface area contributed by atoms with E-state index in [9.17, 15) is 0 Å². The first-order valence-corrected chi connectivity index (χ1v) is 7.17. The van der Waals surface area contributed by atoms with Crippen LogP contribution in [-0.2, 0) is 6.54 Å². The molecular weight excluding hydrogens is 252 g/mol. The fourth-order valence-electron chi connectivity index (χ4n) is 2.78. The highest BCUT2D eigenvalue weighted by Crippen LogP contribution is 2.13. The molecule has 1 unspecified atom stereocenters. The second kappa shape index (κ2) is 6.72. The molecule has 0 saturated carbocycles. The normalized spacial score (nSPS) is 22.1. The van der Waals surface area contributed by atoms with Crippen molar-refractivity contribution < 1.29 is 5.21 Å². The van der Waals surface area contributed by atoms with Gasteiger partial charge in [-0.05, 0) is 19.0 Å². The van der Waals surface area contributed by atoms with Crippen LogP contribution in [0, 0.1) is 0 Å². The number of nitrogens with two attached hydrogens (primary N) is 1. The van der Waals surface area contributed by atoms with Gasteiger partial charge in [-0.25, -0.2) is 0 Å². The van der Waals surface area contributed by atoms with E-state index in [-0.39, 0.29) is 5.84 Å². The summed E-state index contributed by atoms with van der Waals surface area (Å²) in [5.41, 5.74) is 7.57. The Hall–Kier alpha value is -1.59. The van der Waals surface area contributed by atoms with Crippen molar-refractivity contribution in [2.45, 2.75) is 26.4 Å². The smallest absolute Gasteiger partial charge is 0.170 e. The van der Waals surface area contributed by atoms with Crippen LogP contribution in [0.2, 0.25) is 0 Å². The highest BCUT2D eigenvalue weighted by atomic mass is 16.4. The standard InChI is InChI=1S/C15H24N4O/c1-3-19-9-8-18(10-12(19)2)11-13-4-6-14(7-5-13)15(16)17-20/h4-7,12,20H,3,8-11H2,1-2H3,(H2,16,17). The van der Waals surface area contributed by atoms with E-state index < -0.39 is 0 Å². The fourth-order valence-corrected chi connectivity index (χ4v) is 2.78. The maximum absolute atomic E-state index is 8.65. The Morgan fingerprint density at radius 1 is 1.35 bits per heavy atom. The van der Waals surface area contributed by atoms with Crippen LogP contribution in [0.1, 0.15) is 25.0 Å². The Balaban J connectivity index is 1.94. The van der Waals surface area contributed by atoms with Crippen LogP contribution >= 0.6 is 0 Å². The van der Waals surface area contributed by atoms with Crippen LogP contribution in [0.25, 0.3) is 0 Å². The van der Waals surface area contributed by atoms with Crippen molar-refractivity contribution in [2.24, 2.45) is 10.9 Å². The Kier molecular flexibility index (Phi) is 4.98. The Morgan fingerprint density at radius 3 is 2.60 bits per heavy atom. The monoisotopic (exact) mass is 276 g/mol. The van der Waals surface area contributed by atoms with E-state index >= 15 is 0 Å². The van der Waals surface area contributed by atoms with Crippen molar-refractivity contribution in [1.82, 2.24) is 9.80 Å². The largest absolute Gasteiger partial charge is 0.409 e. The van der Waals surface area contributed by atoms with E-state index in [1.54, 1.807) is 0 Å². The Bertz CT molecular complexity index is 457. The van der Waals surface area contributed by atoms with Crippen LogP contribution in [0.5, 0.6) is 0 Å². The molecule has 0 aromatic heterocycles. The Morgan fingerprint density at radius 2 is 2.05 bits per heavy atom. The van der Waals surface area contributed by atoms with Gasteiger partial charge in [-0.2, -0.15) is 0 Å². The first-order valence-electron chi connectivity index (χ1n) is 7.17. The number of benzene rings is 1. The highest BCUT2D eigenvalue weighted by molar-refractivity contribution is 5.96. The lowest BCUT2D eigenvalue weighted by molar-refractivity contribution is 0.0834. The molecule has 3 N–H and O–H groups in total. The number of likely N-dealkylation sites (N-methyl/N-ethyl adjacent to an activating group) is 1. The van der Waals surface area contributed by atoms with Gasteiger partial charge >= 0.3 is 0 Å². The minimum atomic E-state index is 0.154. The third kappa shape index (κ3) is 3.49. The van der Waals surface area contributed by atoms with E-state index in [2.05, 4.69) is 28.8 Å². The molecule has 5 heteroatoms. The average molecular weight is 276 g/mol. The lowest BCUT2D eigenvalue weighted by Crippen LogP contribution is -2.51. The van der Waals surface area contributed by atoms with Gasteiger partial charge in [0.1, 0.15) is 0 Å². The summed E-state index contributed by atoms with van der Waals surface area (Å²) < 4.78 is 0. The summed E-state index contributed by atoms with van der Waals surface area (Å²) in [4.78, 5) is 4.99. The summed E-state index contributed by atoms with van der Waals surface area (Å²) >= 11 is 0. The molecule has 1 aromatic carbocycles. The molecule has 1 fully saturated rings. The predicted octanol–water partition coefficient (Wildman–Crippen LogP) is 1.31. The molecule has 0 radical (unpaired) electrons. The first kappa shape index (κ1) is 14.8. The summed E-state index contributed by atoms with van der Waals surface area (Å²) in [6, 6.07) is 8.51. The second-order valence-corrected chi connectivity index (χ2v) is 5.39. The average Bonchev–Trinajstić information content (AvgIpc) is 2.47. The summed E-state index contributed by atoms with van der Waals surface area (Å²) in [5.74, 6) is 0.154. The van der Waals surface area contributed by atoms with E-state index in [0.29, 0.717) is 6.04 Å². The van der Waals surface area contributed by atoms with E-state index in [1.807, 2.05) is 24.3 Å². The lowest BCUT2D eigenvalue weighted by atomic mass is 10.1. The summed E-state index contributed by atoms with van der Waals surface area (Å²) in [5, 5.41) is 11.7. The van der Waals surface area contributed by atoms with Crippen LogP contribution < -0.4 is 5.73 Å². The zero-order valence-electron chi connectivity index (χ0n) is 12.3. The summed E-state index contributed by atoms with van der Waals surface area (Å²) in [7, 11) is 0. The van der Waals surface area contributed by atoms with Crippen LogP contribution in [0.3, 0.4) is 0 Å². The summed E-state index contributed by atoms with van der Waals surface area (Å²) in [6.07, 6.45) is 0. The molecular formula is C15H24N4O. The minimum absolute atomic E-state index is 0.154. The van der Waals surface area contributed by atoms with Gasteiger partial charge in [-0.1, -0.05) is 36.3 Å². The van der Waals surface area contributed by atoms with Crippen molar-refractivity contribution in [3.8, 4) is 0 Å². The third-order valence-electron chi connectivity index (χ3n) is 4.02. The van der Waals surface area contributed by atoms with Crippen molar-refractivity contribution in [2.75, 3.05) is 26.2 Å². The zero-order valence-corrected chi connectivity index (χ0v) is 12.3. The number of hydrogen-bond acceptors (Lipinski definition) is 4. The highest BCUT2D eigenvalue weighted by Gasteiger charge is 2.22. The van der Waals surface area contributed by atoms with Crippen LogP contribution in [0.4, 0.5) is 0 Å². The number of rotatable bonds is 4. The predicted molar refractivity (Wildman–Crippen MR) is 80.9 cm³/mol. The molecule has 0 amide bonds. The first-order chi connectivity index (χ1) is 9.63. The van der Waals surface area contributed by atoms with Gasteiger partial charge in [0.15, 0.2) is 5.84 Å². The van der Waals surface area contributed by atoms with E-state index in [4.69, 9.17) is 10.9 Å². The van der Waals surface area contributed by atoms with Gasteiger partial charge in [0.05, 0.1) is 0 Å². The fraction of sp³-hybridized carbons (Fsp3) is 0.533. The van der Waals surface area contributed by atoms with Crippen molar-refractivity contribution in [3.05, 3.63) is 35.4 Å². The van der Waals surface area contributed by atoms with E-state index in [0.717, 1.165) is 38.3 Å². The number of piperazine rings is 1. The van der Waals surface area contributed by atoms with Crippen LogP contribution in [0.15, 0.2) is 29.4 Å². The van der Waals surface area contributed by atoms with Gasteiger partial charge < -0.3 is 10.9 Å². The maximum Gasteiger partial charge on any atom is 0.170 e. The molecule has 2 rings (SSSR count). The molecule has 1 aliphatic heterocycles. The topological polar surface area (TPSA) is 65.1 Å². The quantitative estimate of drug-likeness (QED) is 0.377. The molecule has 5 nitrogen and oxygen atoms in total. The number of nitrogens with zero attached hydrogens (tertiary/aromatic N) is 3. The van der Waals surface area contributed by atoms with Gasteiger partial charge in [-0.15, -0.1) is 0 Å². The molecule has 1 aromatic rings. The lowest BCUT2D eigenvalue weighted by Gasteiger charge is -2.39. The molecule has 20 heavy (non-hydrogen) atoms. The molecule has 1 atom stereocenters. The van der Waals surface area contributed by atoms with Gasteiger partial charge in [-0.3, -0.25) is 9.80 Å². The van der Waals surface area contributed by atoms with Gasteiger partial charge in [0.25, 0.3) is 0 Å². The molecule has 0 bridgehead atoms. The Labute approximate surface area is 120 Å². The molecule has 1 aliphatic rings. The minimum Gasteiger partial charge on any atom is -0.409 e. The van der Waals surface area contributed by atoms with Crippen molar-refractivity contribution in [3.63, 3.8) is 0 Å². The second-order valence-electron chi connectivity index (χ2n) is 5.39. The summed E-state index contributed by atoms with van der Waals surface area (Å²) in [6.45, 7) is 9.95. The van der Waals surface area contributed by atoms with Crippen molar-refractivity contribution >= 4 is 5.84 Å². The molecule has 110 valence electrons. The molecule has 0 spiro atoms. The SMILES string of the molecule is CCN1CCN(Cc2ccc(C(N)=NO)cc2)CC1C. The van der Waals surface area contributed by atoms with Gasteiger partial charge in [0.2, 0.25) is 0 Å². The third-order valence-corrected chi connectivity index (χ3v) is 4.02. The van der Waals surface area contributed by atoms with E-state index in [1.165, 1.54) is 5.56 Å². The van der Waals surface area contributed by atoms with Crippen LogP contribution in [-0.4, -0.2) is 53.1 Å². The number of oxime groups is 1. The molecule has 1 heterocycles. The number of hydrogen-bond donors (Lipinski definition) is 2. The molecule has 0 aliphatic carbocycles.